The van der Waals surface area contributed by atoms with Crippen molar-refractivity contribution in [2.24, 2.45) is 4.99 Å². The van der Waals surface area contributed by atoms with Gasteiger partial charge in [-0.1, -0.05) is 18.9 Å². The molecule has 6 heteroatoms. The minimum Gasteiger partial charge on any atom is -0.375 e. The third kappa shape index (κ3) is 6.16. The van der Waals surface area contributed by atoms with Crippen molar-refractivity contribution < 1.29 is 4.39 Å². The summed E-state index contributed by atoms with van der Waals surface area (Å²) < 4.78 is 14.0. The zero-order chi connectivity index (χ0) is 15.9. The van der Waals surface area contributed by atoms with Gasteiger partial charge in [-0.2, -0.15) is 0 Å². The second-order valence-corrected chi connectivity index (χ2v) is 6.00. The Bertz CT molecular complexity index is 513. The highest BCUT2D eigenvalue weighted by Crippen LogP contribution is 2.19. The van der Waals surface area contributed by atoms with Crippen LogP contribution in [-0.2, 0) is 6.54 Å². The number of benzene rings is 1. The average molecular weight is 434 g/mol. The van der Waals surface area contributed by atoms with E-state index in [0.29, 0.717) is 18.3 Å². The van der Waals surface area contributed by atoms with E-state index in [2.05, 4.69) is 22.5 Å². The molecule has 0 aliphatic heterocycles. The Hall–Kier alpha value is -1.05. The molecule has 23 heavy (non-hydrogen) atoms. The molecule has 0 heterocycles. The molecule has 4 nitrogen and oxygen atoms in total. The number of aliphatic imine (C=N–C) groups is 1. The van der Waals surface area contributed by atoms with Crippen LogP contribution in [0.25, 0.3) is 0 Å². The SMILES string of the molecule is CCNC(=NCc1ccc(N(C)C)c(F)c1)NC1CCCC1.I. The van der Waals surface area contributed by atoms with E-state index in [-0.39, 0.29) is 29.8 Å². The number of hydrogen-bond acceptors (Lipinski definition) is 2. The van der Waals surface area contributed by atoms with Gasteiger partial charge in [0, 0.05) is 26.7 Å². The van der Waals surface area contributed by atoms with Crippen molar-refractivity contribution in [3.8, 4) is 0 Å². The van der Waals surface area contributed by atoms with Crippen molar-refractivity contribution in [2.45, 2.75) is 45.2 Å². The first-order valence-corrected chi connectivity index (χ1v) is 8.10. The standard InChI is InChI=1S/C17H27FN4.HI/c1-4-19-17(21-14-7-5-6-8-14)20-12-13-9-10-16(22(2)3)15(18)11-13;/h9-11,14H,4-8,12H2,1-3H3,(H2,19,20,21);1H. The van der Waals surface area contributed by atoms with Crippen LogP contribution < -0.4 is 15.5 Å². The predicted molar refractivity (Wildman–Crippen MR) is 106 cm³/mol. The summed E-state index contributed by atoms with van der Waals surface area (Å²) in [4.78, 5) is 6.35. The van der Waals surface area contributed by atoms with E-state index in [1.54, 1.807) is 17.0 Å². The number of guanidine groups is 1. The molecule has 2 N–H and O–H groups in total. The fourth-order valence-corrected chi connectivity index (χ4v) is 2.77. The molecule has 0 radical (unpaired) electrons. The Morgan fingerprint density at radius 3 is 2.57 bits per heavy atom. The largest absolute Gasteiger partial charge is 0.375 e. The van der Waals surface area contributed by atoms with E-state index in [9.17, 15) is 4.39 Å². The Labute approximate surface area is 156 Å². The molecule has 0 amide bonds. The highest BCUT2D eigenvalue weighted by molar-refractivity contribution is 14.0. The monoisotopic (exact) mass is 434 g/mol. The van der Waals surface area contributed by atoms with E-state index in [0.717, 1.165) is 18.1 Å². The number of hydrogen-bond donors (Lipinski definition) is 2. The Balaban J connectivity index is 0.00000264. The van der Waals surface area contributed by atoms with E-state index < -0.39 is 0 Å². The number of anilines is 1. The maximum atomic E-state index is 14.0. The zero-order valence-electron chi connectivity index (χ0n) is 14.2. The summed E-state index contributed by atoms with van der Waals surface area (Å²) in [6, 6.07) is 5.82. The quantitative estimate of drug-likeness (QED) is 0.424. The van der Waals surface area contributed by atoms with Gasteiger partial charge < -0.3 is 15.5 Å². The summed E-state index contributed by atoms with van der Waals surface area (Å²) in [7, 11) is 3.68. The molecule has 1 aliphatic carbocycles. The van der Waals surface area contributed by atoms with Crippen LogP contribution in [0.5, 0.6) is 0 Å². The molecule has 0 bridgehead atoms. The van der Waals surface area contributed by atoms with Crippen LogP contribution in [0.2, 0.25) is 0 Å². The van der Waals surface area contributed by atoms with Gasteiger partial charge >= 0.3 is 0 Å². The fourth-order valence-electron chi connectivity index (χ4n) is 2.77. The molecule has 1 aromatic rings. The van der Waals surface area contributed by atoms with E-state index in [1.807, 2.05) is 20.2 Å². The minimum absolute atomic E-state index is 0. The highest BCUT2D eigenvalue weighted by Gasteiger charge is 2.15. The normalized spacial score (nSPS) is 15.2. The van der Waals surface area contributed by atoms with E-state index in [1.165, 1.54) is 25.7 Å². The molecule has 0 atom stereocenters. The number of nitrogens with zero attached hydrogens (tertiary/aromatic N) is 2. The summed E-state index contributed by atoms with van der Waals surface area (Å²) >= 11 is 0. The summed E-state index contributed by atoms with van der Waals surface area (Å²) in [5.74, 6) is 0.623. The number of rotatable bonds is 5. The lowest BCUT2D eigenvalue weighted by Gasteiger charge is -2.17. The molecule has 1 aliphatic rings. The van der Waals surface area contributed by atoms with Crippen molar-refractivity contribution in [2.75, 3.05) is 25.5 Å². The van der Waals surface area contributed by atoms with Crippen molar-refractivity contribution in [1.82, 2.24) is 10.6 Å². The molecule has 1 aromatic carbocycles. The van der Waals surface area contributed by atoms with Gasteiger partial charge in [-0.3, -0.25) is 0 Å². The second-order valence-electron chi connectivity index (χ2n) is 6.00. The maximum absolute atomic E-state index is 14.0. The van der Waals surface area contributed by atoms with Crippen molar-refractivity contribution >= 4 is 35.6 Å². The van der Waals surface area contributed by atoms with Crippen LogP contribution in [0.3, 0.4) is 0 Å². The van der Waals surface area contributed by atoms with Gasteiger partial charge in [-0.05, 0) is 37.5 Å². The van der Waals surface area contributed by atoms with Gasteiger partial charge in [0.05, 0.1) is 12.2 Å². The van der Waals surface area contributed by atoms with Gasteiger partial charge in [0.15, 0.2) is 5.96 Å². The minimum atomic E-state index is -0.202. The summed E-state index contributed by atoms with van der Waals surface area (Å²) in [6.07, 6.45) is 4.98. The van der Waals surface area contributed by atoms with Crippen LogP contribution in [0, 0.1) is 5.82 Å². The second kappa shape index (κ2) is 9.95. The first-order valence-electron chi connectivity index (χ1n) is 8.10. The smallest absolute Gasteiger partial charge is 0.191 e. The Kier molecular flexibility index (Phi) is 8.65. The van der Waals surface area contributed by atoms with Gasteiger partial charge in [0.2, 0.25) is 0 Å². The van der Waals surface area contributed by atoms with Crippen LogP contribution in [0.1, 0.15) is 38.2 Å². The Morgan fingerprint density at radius 1 is 1.30 bits per heavy atom. The van der Waals surface area contributed by atoms with E-state index >= 15 is 0 Å². The molecule has 1 fully saturated rings. The first-order chi connectivity index (χ1) is 10.6. The molecular weight excluding hydrogens is 406 g/mol. The molecule has 0 saturated heterocycles. The lowest BCUT2D eigenvalue weighted by molar-refractivity contribution is 0.612. The third-order valence-electron chi connectivity index (χ3n) is 3.95. The maximum Gasteiger partial charge on any atom is 0.191 e. The Morgan fingerprint density at radius 2 is 2.00 bits per heavy atom. The van der Waals surface area contributed by atoms with Crippen molar-refractivity contribution in [3.05, 3.63) is 29.6 Å². The van der Waals surface area contributed by atoms with Crippen LogP contribution >= 0.6 is 24.0 Å². The van der Waals surface area contributed by atoms with Crippen LogP contribution in [-0.4, -0.2) is 32.6 Å². The molecule has 2 rings (SSSR count). The molecule has 1 saturated carbocycles. The third-order valence-corrected chi connectivity index (χ3v) is 3.95. The van der Waals surface area contributed by atoms with Crippen molar-refractivity contribution in [1.29, 1.82) is 0 Å². The van der Waals surface area contributed by atoms with Crippen LogP contribution in [0.15, 0.2) is 23.2 Å². The van der Waals surface area contributed by atoms with Crippen LogP contribution in [0.4, 0.5) is 10.1 Å². The average Bonchev–Trinajstić information content (AvgIpc) is 2.97. The lowest BCUT2D eigenvalue weighted by Crippen LogP contribution is -2.42. The van der Waals surface area contributed by atoms with Gasteiger partial charge in [-0.15, -0.1) is 24.0 Å². The molecule has 0 aromatic heterocycles. The predicted octanol–water partition coefficient (Wildman–Crippen LogP) is 3.51. The molecule has 130 valence electrons. The molecule has 0 spiro atoms. The van der Waals surface area contributed by atoms with Gasteiger partial charge in [0.1, 0.15) is 5.82 Å². The summed E-state index contributed by atoms with van der Waals surface area (Å²) in [6.45, 7) is 3.36. The summed E-state index contributed by atoms with van der Waals surface area (Å²) in [5, 5.41) is 6.73. The topological polar surface area (TPSA) is 39.7 Å². The number of nitrogens with one attached hydrogen (secondary N) is 2. The van der Waals surface area contributed by atoms with E-state index in [4.69, 9.17) is 0 Å². The first kappa shape index (κ1) is 20.0. The zero-order valence-corrected chi connectivity index (χ0v) is 16.6. The highest BCUT2D eigenvalue weighted by atomic mass is 127. The number of halogens is 2. The van der Waals surface area contributed by atoms with Gasteiger partial charge in [-0.25, -0.2) is 9.38 Å². The summed E-state index contributed by atoms with van der Waals surface area (Å²) in [5.41, 5.74) is 1.48. The van der Waals surface area contributed by atoms with Crippen molar-refractivity contribution in [3.63, 3.8) is 0 Å². The molecular formula is C17H28FIN4. The molecule has 0 unspecified atom stereocenters. The van der Waals surface area contributed by atoms with Gasteiger partial charge in [0.25, 0.3) is 0 Å². The lowest BCUT2D eigenvalue weighted by atomic mass is 10.2. The fraction of sp³-hybridized carbons (Fsp3) is 0.588.